The van der Waals surface area contributed by atoms with Gasteiger partial charge in [-0.2, -0.15) is 0 Å². The number of methoxy groups -OCH3 is 2. The smallest absolute Gasteiger partial charge is 0.165 e. The highest BCUT2D eigenvalue weighted by atomic mass is 79.9. The minimum Gasteiger partial charge on any atom is -0.493 e. The van der Waals surface area contributed by atoms with Crippen LogP contribution in [0.25, 0.3) is 0 Å². The van der Waals surface area contributed by atoms with Gasteiger partial charge in [-0.05, 0) is 12.1 Å². The molecule has 0 saturated heterocycles. The van der Waals surface area contributed by atoms with Crippen molar-refractivity contribution in [2.45, 2.75) is 19.3 Å². The molecule has 0 aromatic heterocycles. The summed E-state index contributed by atoms with van der Waals surface area (Å²) in [5.74, 6) is 1.33. The number of hydrogen-bond acceptors (Lipinski definition) is 3. The summed E-state index contributed by atoms with van der Waals surface area (Å²) in [7, 11) is 3.20. The Bertz CT molecular complexity index is 375. The van der Waals surface area contributed by atoms with Crippen molar-refractivity contribution in [1.82, 2.24) is 0 Å². The maximum absolute atomic E-state index is 9.44. The third-order valence-electron chi connectivity index (χ3n) is 2.57. The molecule has 0 aliphatic heterocycles. The molecule has 3 nitrogen and oxygen atoms in total. The number of aliphatic hydroxyl groups is 1. The lowest BCUT2D eigenvalue weighted by Gasteiger charge is -2.27. The lowest BCUT2D eigenvalue weighted by Crippen LogP contribution is -2.23. The highest BCUT2D eigenvalue weighted by Gasteiger charge is 2.28. The Morgan fingerprint density at radius 2 is 1.88 bits per heavy atom. The Morgan fingerprint density at radius 1 is 1.25 bits per heavy atom. The number of ether oxygens (including phenoxy) is 2. The number of rotatable bonds is 4. The summed E-state index contributed by atoms with van der Waals surface area (Å²) in [5.41, 5.74) is 0.524. The lowest BCUT2D eigenvalue weighted by molar-refractivity contribution is 0.213. The molecule has 0 spiro atoms. The van der Waals surface area contributed by atoms with E-state index in [2.05, 4.69) is 15.9 Å². The molecule has 0 heterocycles. The van der Waals surface area contributed by atoms with E-state index in [0.29, 0.717) is 11.5 Å². The van der Waals surface area contributed by atoms with Crippen LogP contribution in [0.4, 0.5) is 0 Å². The molecule has 0 aliphatic rings. The van der Waals surface area contributed by atoms with Gasteiger partial charge in [-0.3, -0.25) is 0 Å². The summed E-state index contributed by atoms with van der Waals surface area (Å²) in [4.78, 5) is 0. The standard InChI is InChI=1S/C12H17BrO3/c1-12(2,7-14)10-8(13)5-6-9(15-3)11(10)16-4/h5-6,14H,7H2,1-4H3. The topological polar surface area (TPSA) is 38.7 Å². The molecular formula is C12H17BrO3. The second-order valence-electron chi connectivity index (χ2n) is 4.20. The first kappa shape index (κ1) is 13.3. The molecule has 90 valence electrons. The zero-order valence-corrected chi connectivity index (χ0v) is 11.6. The van der Waals surface area contributed by atoms with E-state index in [1.54, 1.807) is 14.2 Å². The Labute approximate surface area is 105 Å². The third kappa shape index (κ3) is 2.33. The first-order valence-electron chi connectivity index (χ1n) is 4.99. The Morgan fingerprint density at radius 3 is 2.31 bits per heavy atom. The SMILES string of the molecule is COc1ccc(Br)c(C(C)(C)CO)c1OC. The van der Waals surface area contributed by atoms with Gasteiger partial charge < -0.3 is 14.6 Å². The maximum Gasteiger partial charge on any atom is 0.165 e. The molecule has 1 rings (SSSR count). The molecule has 1 N–H and O–H groups in total. The molecule has 1 aromatic carbocycles. The van der Waals surface area contributed by atoms with Crippen LogP contribution in [-0.2, 0) is 5.41 Å². The number of hydrogen-bond donors (Lipinski definition) is 1. The summed E-state index contributed by atoms with van der Waals surface area (Å²) in [6.45, 7) is 3.94. The van der Waals surface area contributed by atoms with Crippen molar-refractivity contribution < 1.29 is 14.6 Å². The molecule has 0 unspecified atom stereocenters. The van der Waals surface area contributed by atoms with Gasteiger partial charge in [-0.1, -0.05) is 29.8 Å². The summed E-state index contributed by atoms with van der Waals surface area (Å²) in [5, 5.41) is 9.44. The molecule has 0 fully saturated rings. The molecule has 4 heteroatoms. The molecule has 16 heavy (non-hydrogen) atoms. The fourth-order valence-electron chi connectivity index (χ4n) is 1.61. The van der Waals surface area contributed by atoms with E-state index in [1.165, 1.54) is 0 Å². The first-order valence-corrected chi connectivity index (χ1v) is 5.79. The summed E-state index contributed by atoms with van der Waals surface area (Å²) < 4.78 is 11.5. The Balaban J connectivity index is 3.46. The van der Waals surface area contributed by atoms with Gasteiger partial charge in [-0.25, -0.2) is 0 Å². The molecule has 0 bridgehead atoms. The molecule has 1 aromatic rings. The van der Waals surface area contributed by atoms with Crippen LogP contribution >= 0.6 is 15.9 Å². The fraction of sp³-hybridized carbons (Fsp3) is 0.500. The highest BCUT2D eigenvalue weighted by molar-refractivity contribution is 9.10. The van der Waals surface area contributed by atoms with Crippen LogP contribution < -0.4 is 9.47 Å². The normalized spacial score (nSPS) is 11.4. The monoisotopic (exact) mass is 288 g/mol. The van der Waals surface area contributed by atoms with Crippen molar-refractivity contribution in [1.29, 1.82) is 0 Å². The minimum absolute atomic E-state index is 0.0368. The van der Waals surface area contributed by atoms with Gasteiger partial charge in [0, 0.05) is 15.5 Å². The molecule has 0 aliphatic carbocycles. The van der Waals surface area contributed by atoms with Gasteiger partial charge in [0.15, 0.2) is 11.5 Å². The zero-order chi connectivity index (χ0) is 12.3. The van der Waals surface area contributed by atoms with Crippen molar-refractivity contribution in [3.05, 3.63) is 22.2 Å². The van der Waals surface area contributed by atoms with Crippen molar-refractivity contribution in [3.63, 3.8) is 0 Å². The van der Waals surface area contributed by atoms with Crippen LogP contribution in [0.2, 0.25) is 0 Å². The van der Waals surface area contributed by atoms with Crippen LogP contribution in [0.5, 0.6) is 11.5 Å². The number of benzene rings is 1. The van der Waals surface area contributed by atoms with Crippen molar-refractivity contribution >= 4 is 15.9 Å². The number of halogens is 1. The van der Waals surface area contributed by atoms with Crippen LogP contribution in [0.1, 0.15) is 19.4 Å². The summed E-state index contributed by atoms with van der Waals surface area (Å²) >= 11 is 3.48. The average Bonchev–Trinajstić information content (AvgIpc) is 2.28. The fourth-order valence-corrected chi connectivity index (χ4v) is 2.46. The average molecular weight is 289 g/mol. The van der Waals surface area contributed by atoms with Crippen LogP contribution in [0, 0.1) is 0 Å². The van der Waals surface area contributed by atoms with Crippen LogP contribution in [-0.4, -0.2) is 25.9 Å². The lowest BCUT2D eigenvalue weighted by atomic mass is 9.84. The van der Waals surface area contributed by atoms with E-state index < -0.39 is 5.41 Å². The van der Waals surface area contributed by atoms with Crippen molar-refractivity contribution in [2.24, 2.45) is 0 Å². The van der Waals surface area contributed by atoms with E-state index in [0.717, 1.165) is 10.0 Å². The van der Waals surface area contributed by atoms with Gasteiger partial charge in [0.05, 0.1) is 20.8 Å². The van der Waals surface area contributed by atoms with Crippen molar-refractivity contribution in [3.8, 4) is 11.5 Å². The van der Waals surface area contributed by atoms with E-state index >= 15 is 0 Å². The second kappa shape index (κ2) is 5.06. The predicted octanol–water partition coefficient (Wildman–Crippen LogP) is 2.74. The van der Waals surface area contributed by atoms with Gasteiger partial charge >= 0.3 is 0 Å². The van der Waals surface area contributed by atoms with Crippen molar-refractivity contribution in [2.75, 3.05) is 20.8 Å². The summed E-state index contributed by atoms with van der Waals surface area (Å²) in [6.07, 6.45) is 0. The molecular weight excluding hydrogens is 272 g/mol. The maximum atomic E-state index is 9.44. The number of aliphatic hydroxyl groups excluding tert-OH is 1. The summed E-state index contributed by atoms with van der Waals surface area (Å²) in [6, 6.07) is 3.73. The highest BCUT2D eigenvalue weighted by Crippen LogP contribution is 2.42. The molecule has 0 amide bonds. The largest absolute Gasteiger partial charge is 0.493 e. The van der Waals surface area contributed by atoms with Gasteiger partial charge in [0.25, 0.3) is 0 Å². The van der Waals surface area contributed by atoms with E-state index in [-0.39, 0.29) is 6.61 Å². The minimum atomic E-state index is -0.390. The van der Waals surface area contributed by atoms with E-state index in [9.17, 15) is 5.11 Å². The van der Waals surface area contributed by atoms with Crippen LogP contribution in [0.3, 0.4) is 0 Å². The molecule has 0 atom stereocenters. The predicted molar refractivity (Wildman–Crippen MR) is 67.4 cm³/mol. The third-order valence-corrected chi connectivity index (χ3v) is 3.23. The quantitative estimate of drug-likeness (QED) is 0.926. The van der Waals surface area contributed by atoms with Gasteiger partial charge in [0.2, 0.25) is 0 Å². The van der Waals surface area contributed by atoms with Gasteiger partial charge in [-0.15, -0.1) is 0 Å². The Hall–Kier alpha value is -0.740. The van der Waals surface area contributed by atoms with Crippen LogP contribution in [0.15, 0.2) is 16.6 Å². The van der Waals surface area contributed by atoms with E-state index in [1.807, 2.05) is 26.0 Å². The van der Waals surface area contributed by atoms with E-state index in [4.69, 9.17) is 9.47 Å². The first-order chi connectivity index (χ1) is 7.47. The molecule has 0 saturated carbocycles. The zero-order valence-electron chi connectivity index (χ0n) is 10.0. The second-order valence-corrected chi connectivity index (χ2v) is 5.05. The Kier molecular flexibility index (Phi) is 4.21. The molecule has 0 radical (unpaired) electrons. The van der Waals surface area contributed by atoms with Gasteiger partial charge in [0.1, 0.15) is 0 Å².